The lowest BCUT2D eigenvalue weighted by Gasteiger charge is -2.20. The fraction of sp³-hybridized carbons (Fsp3) is 1.00. The lowest BCUT2D eigenvalue weighted by Crippen LogP contribution is -2.40. The fourth-order valence-corrected chi connectivity index (χ4v) is 0.927. The molecule has 0 aliphatic carbocycles. The Morgan fingerprint density at radius 2 is 1.82 bits per heavy atom. The smallest absolute Gasteiger partial charge is 0.253 e. The quantitative estimate of drug-likeness (QED) is 0.659. The highest BCUT2D eigenvalue weighted by molar-refractivity contribution is 4.72. The molecule has 1 atom stereocenters. The van der Waals surface area contributed by atoms with Gasteiger partial charge >= 0.3 is 0 Å². The van der Waals surface area contributed by atoms with Crippen molar-refractivity contribution in [1.29, 1.82) is 0 Å². The third-order valence-corrected chi connectivity index (χ3v) is 1.62. The molecule has 1 unspecified atom stereocenters. The third kappa shape index (κ3) is 4.30. The zero-order chi connectivity index (χ0) is 8.85. The largest absolute Gasteiger partial charge is 0.309 e. The van der Waals surface area contributed by atoms with Gasteiger partial charge in [-0.1, -0.05) is 20.8 Å². The van der Waals surface area contributed by atoms with Crippen LogP contribution in [-0.4, -0.2) is 19.0 Å². The Bertz CT molecular complexity index is 86.1. The van der Waals surface area contributed by atoms with E-state index in [0.717, 1.165) is 6.42 Å². The molecular formula is C8H17F2N. The molecule has 0 aromatic rings. The molecule has 0 fully saturated rings. The second-order valence-corrected chi connectivity index (χ2v) is 3.06. The summed E-state index contributed by atoms with van der Waals surface area (Å²) in [6, 6.07) is -0.644. The normalized spacial score (nSPS) is 14.5. The highest BCUT2D eigenvalue weighted by Gasteiger charge is 2.22. The minimum atomic E-state index is -2.25. The molecule has 0 radical (unpaired) electrons. The Morgan fingerprint density at radius 3 is 2.09 bits per heavy atom. The summed E-state index contributed by atoms with van der Waals surface area (Å²) in [5.74, 6) is 0.00144. The summed E-state index contributed by atoms with van der Waals surface area (Å²) < 4.78 is 24.4. The van der Waals surface area contributed by atoms with Crippen LogP contribution in [0.3, 0.4) is 0 Å². The van der Waals surface area contributed by atoms with E-state index in [1.807, 2.05) is 6.92 Å². The predicted molar refractivity (Wildman–Crippen MR) is 42.9 cm³/mol. The molecule has 3 heteroatoms. The second-order valence-electron chi connectivity index (χ2n) is 3.06. The molecule has 68 valence electrons. The van der Waals surface area contributed by atoms with Crippen LogP contribution in [0.25, 0.3) is 0 Å². The molecule has 11 heavy (non-hydrogen) atoms. The van der Waals surface area contributed by atoms with Crippen LogP contribution in [0.2, 0.25) is 0 Å². The first-order valence-electron chi connectivity index (χ1n) is 4.11. The van der Waals surface area contributed by atoms with Gasteiger partial charge in [0.15, 0.2) is 0 Å². The maximum absolute atomic E-state index is 12.2. The summed E-state index contributed by atoms with van der Waals surface area (Å²) in [6.07, 6.45) is -1.35. The Hall–Kier alpha value is -0.180. The van der Waals surface area contributed by atoms with E-state index in [1.54, 1.807) is 13.8 Å². The Kier molecular flexibility index (Phi) is 5.38. The van der Waals surface area contributed by atoms with Gasteiger partial charge in [0.05, 0.1) is 6.04 Å². The van der Waals surface area contributed by atoms with Crippen molar-refractivity contribution < 1.29 is 8.78 Å². The topological polar surface area (TPSA) is 12.0 Å². The van der Waals surface area contributed by atoms with Crippen molar-refractivity contribution in [2.75, 3.05) is 6.54 Å². The number of nitrogens with one attached hydrogen (secondary N) is 1. The van der Waals surface area contributed by atoms with Crippen molar-refractivity contribution in [3.8, 4) is 0 Å². The molecule has 0 bridgehead atoms. The van der Waals surface area contributed by atoms with E-state index in [-0.39, 0.29) is 5.92 Å². The van der Waals surface area contributed by atoms with Gasteiger partial charge in [-0.2, -0.15) is 0 Å². The minimum absolute atomic E-state index is 0.00144. The lowest BCUT2D eigenvalue weighted by molar-refractivity contribution is 0.0769. The van der Waals surface area contributed by atoms with Gasteiger partial charge in [-0.3, -0.25) is 0 Å². The molecule has 0 amide bonds. The first-order chi connectivity index (χ1) is 5.09. The number of halogens is 2. The molecule has 0 aromatic heterocycles. The van der Waals surface area contributed by atoms with Crippen LogP contribution < -0.4 is 5.32 Å². The summed E-state index contributed by atoms with van der Waals surface area (Å²) in [5, 5.41) is 2.82. The molecule has 0 aliphatic heterocycles. The Labute approximate surface area is 67.2 Å². The SMILES string of the molecule is CCCNC(C(C)C)C(F)F. The third-order valence-electron chi connectivity index (χ3n) is 1.62. The summed E-state index contributed by atoms with van der Waals surface area (Å²) in [6.45, 7) is 6.25. The summed E-state index contributed by atoms with van der Waals surface area (Å²) in [5.41, 5.74) is 0. The van der Waals surface area contributed by atoms with Gasteiger partial charge in [0, 0.05) is 0 Å². The molecule has 0 saturated heterocycles. The summed E-state index contributed by atoms with van der Waals surface area (Å²) in [4.78, 5) is 0. The predicted octanol–water partition coefficient (Wildman–Crippen LogP) is 2.28. The van der Waals surface area contributed by atoms with Crippen molar-refractivity contribution in [3.05, 3.63) is 0 Å². The van der Waals surface area contributed by atoms with E-state index in [1.165, 1.54) is 0 Å². The molecule has 0 rings (SSSR count). The zero-order valence-electron chi connectivity index (χ0n) is 7.40. The highest BCUT2D eigenvalue weighted by Crippen LogP contribution is 2.10. The van der Waals surface area contributed by atoms with Crippen LogP contribution in [0.4, 0.5) is 8.78 Å². The number of rotatable bonds is 5. The molecule has 0 aromatic carbocycles. The molecular weight excluding hydrogens is 148 g/mol. The van der Waals surface area contributed by atoms with Crippen molar-refractivity contribution in [2.45, 2.75) is 39.7 Å². The van der Waals surface area contributed by atoms with Gasteiger partial charge in [-0.05, 0) is 18.9 Å². The van der Waals surface area contributed by atoms with Gasteiger partial charge in [0.2, 0.25) is 0 Å². The van der Waals surface area contributed by atoms with Crippen LogP contribution in [0, 0.1) is 5.92 Å². The van der Waals surface area contributed by atoms with Gasteiger partial charge in [0.25, 0.3) is 6.43 Å². The molecule has 1 nitrogen and oxygen atoms in total. The summed E-state index contributed by atoms with van der Waals surface area (Å²) >= 11 is 0. The van der Waals surface area contributed by atoms with E-state index in [4.69, 9.17) is 0 Å². The molecule has 0 heterocycles. The highest BCUT2D eigenvalue weighted by atomic mass is 19.3. The average Bonchev–Trinajstić information content (AvgIpc) is 1.87. The van der Waals surface area contributed by atoms with Crippen LogP contribution in [-0.2, 0) is 0 Å². The maximum atomic E-state index is 12.2. The molecule has 0 aliphatic rings. The fourth-order valence-electron chi connectivity index (χ4n) is 0.927. The number of hydrogen-bond donors (Lipinski definition) is 1. The van der Waals surface area contributed by atoms with Crippen LogP contribution in [0.15, 0.2) is 0 Å². The van der Waals surface area contributed by atoms with E-state index >= 15 is 0 Å². The Morgan fingerprint density at radius 1 is 1.27 bits per heavy atom. The zero-order valence-corrected chi connectivity index (χ0v) is 7.40. The standard InChI is InChI=1S/C8H17F2N/c1-4-5-11-7(6(2)3)8(9)10/h6-8,11H,4-5H2,1-3H3. The maximum Gasteiger partial charge on any atom is 0.253 e. The first kappa shape index (κ1) is 10.8. The van der Waals surface area contributed by atoms with E-state index in [2.05, 4.69) is 5.32 Å². The van der Waals surface area contributed by atoms with E-state index in [9.17, 15) is 8.78 Å². The monoisotopic (exact) mass is 165 g/mol. The van der Waals surface area contributed by atoms with Crippen molar-refractivity contribution in [2.24, 2.45) is 5.92 Å². The minimum Gasteiger partial charge on any atom is -0.309 e. The second kappa shape index (κ2) is 5.47. The molecule has 0 spiro atoms. The van der Waals surface area contributed by atoms with Gasteiger partial charge in [-0.15, -0.1) is 0 Å². The first-order valence-corrected chi connectivity index (χ1v) is 4.11. The van der Waals surface area contributed by atoms with Crippen LogP contribution >= 0.6 is 0 Å². The number of alkyl halides is 2. The van der Waals surface area contributed by atoms with Gasteiger partial charge < -0.3 is 5.32 Å². The average molecular weight is 165 g/mol. The Balaban J connectivity index is 3.70. The van der Waals surface area contributed by atoms with Crippen molar-refractivity contribution in [1.82, 2.24) is 5.32 Å². The van der Waals surface area contributed by atoms with Gasteiger partial charge in [0.1, 0.15) is 0 Å². The van der Waals surface area contributed by atoms with Crippen molar-refractivity contribution >= 4 is 0 Å². The van der Waals surface area contributed by atoms with Gasteiger partial charge in [-0.25, -0.2) is 8.78 Å². The van der Waals surface area contributed by atoms with Crippen LogP contribution in [0.5, 0.6) is 0 Å². The van der Waals surface area contributed by atoms with Crippen molar-refractivity contribution in [3.63, 3.8) is 0 Å². The molecule has 0 saturated carbocycles. The summed E-state index contributed by atoms with van der Waals surface area (Å²) in [7, 11) is 0. The van der Waals surface area contributed by atoms with Crippen LogP contribution in [0.1, 0.15) is 27.2 Å². The van der Waals surface area contributed by atoms with E-state index < -0.39 is 12.5 Å². The van der Waals surface area contributed by atoms with E-state index in [0.29, 0.717) is 6.54 Å². The lowest BCUT2D eigenvalue weighted by atomic mass is 10.1. The number of hydrogen-bond acceptors (Lipinski definition) is 1. The molecule has 1 N–H and O–H groups in total.